The number of ether oxygens (including phenoxy) is 2. The molecule has 0 radical (unpaired) electrons. The summed E-state index contributed by atoms with van der Waals surface area (Å²) in [4.78, 5) is 16.8. The summed E-state index contributed by atoms with van der Waals surface area (Å²) < 4.78 is 10.8. The molecule has 2 heterocycles. The largest absolute Gasteiger partial charge is 0.454 e. The first-order valence-electron chi connectivity index (χ1n) is 9.86. The highest BCUT2D eigenvalue weighted by atomic mass is 16.7. The van der Waals surface area contributed by atoms with E-state index >= 15 is 0 Å². The van der Waals surface area contributed by atoms with Gasteiger partial charge in [-0.2, -0.15) is 0 Å². The van der Waals surface area contributed by atoms with Crippen LogP contribution in [0.1, 0.15) is 17.5 Å². The van der Waals surface area contributed by atoms with Gasteiger partial charge in [-0.25, -0.2) is 0 Å². The molecule has 2 aromatic rings. The SMILES string of the molecule is Cc1ccc(NCCC(=O)N2CCN(Cc3ccc4c(c3)OCO4)CC2)cc1. The van der Waals surface area contributed by atoms with Crippen molar-refractivity contribution in [2.45, 2.75) is 19.9 Å². The van der Waals surface area contributed by atoms with Gasteiger partial charge in [0.15, 0.2) is 11.5 Å². The minimum Gasteiger partial charge on any atom is -0.454 e. The summed E-state index contributed by atoms with van der Waals surface area (Å²) in [5, 5.41) is 3.32. The Hall–Kier alpha value is -2.73. The van der Waals surface area contributed by atoms with Crippen molar-refractivity contribution >= 4 is 11.6 Å². The van der Waals surface area contributed by atoms with E-state index in [4.69, 9.17) is 9.47 Å². The highest BCUT2D eigenvalue weighted by molar-refractivity contribution is 5.76. The number of amides is 1. The summed E-state index contributed by atoms with van der Waals surface area (Å²) >= 11 is 0. The molecule has 0 unspecified atom stereocenters. The van der Waals surface area contributed by atoms with E-state index in [0.29, 0.717) is 19.8 Å². The number of hydrogen-bond acceptors (Lipinski definition) is 5. The van der Waals surface area contributed by atoms with Gasteiger partial charge in [0.25, 0.3) is 0 Å². The number of fused-ring (bicyclic) bond motifs is 1. The average Bonchev–Trinajstić information content (AvgIpc) is 3.18. The van der Waals surface area contributed by atoms with E-state index in [9.17, 15) is 4.79 Å². The highest BCUT2D eigenvalue weighted by Gasteiger charge is 2.21. The monoisotopic (exact) mass is 381 g/mol. The molecule has 0 saturated carbocycles. The fraction of sp³-hybridized carbons (Fsp3) is 0.409. The summed E-state index contributed by atoms with van der Waals surface area (Å²) in [6, 6.07) is 14.4. The Bertz CT molecular complexity index is 814. The second-order valence-corrected chi connectivity index (χ2v) is 7.39. The van der Waals surface area contributed by atoms with E-state index in [0.717, 1.165) is 49.9 Å². The van der Waals surface area contributed by atoms with Gasteiger partial charge in [-0.15, -0.1) is 0 Å². The molecule has 2 aliphatic heterocycles. The summed E-state index contributed by atoms with van der Waals surface area (Å²) in [6.07, 6.45) is 0.524. The Balaban J connectivity index is 1.19. The topological polar surface area (TPSA) is 54.0 Å². The third kappa shape index (κ3) is 4.57. The minimum absolute atomic E-state index is 0.224. The Kier molecular flexibility index (Phi) is 5.67. The lowest BCUT2D eigenvalue weighted by atomic mass is 10.1. The molecule has 148 valence electrons. The zero-order valence-corrected chi connectivity index (χ0v) is 16.3. The smallest absolute Gasteiger partial charge is 0.231 e. The van der Waals surface area contributed by atoms with Gasteiger partial charge >= 0.3 is 0 Å². The van der Waals surface area contributed by atoms with Gasteiger partial charge in [0.05, 0.1) is 0 Å². The molecular formula is C22H27N3O3. The molecule has 0 spiro atoms. The third-order valence-electron chi connectivity index (χ3n) is 5.29. The molecule has 2 aromatic carbocycles. The molecule has 1 amide bonds. The Morgan fingerprint density at radius 2 is 1.75 bits per heavy atom. The number of carbonyl (C=O) groups excluding carboxylic acids is 1. The van der Waals surface area contributed by atoms with Crippen molar-refractivity contribution in [2.24, 2.45) is 0 Å². The molecule has 0 bridgehead atoms. The van der Waals surface area contributed by atoms with Gasteiger partial charge < -0.3 is 19.7 Å². The van der Waals surface area contributed by atoms with Crippen LogP contribution in [0.15, 0.2) is 42.5 Å². The molecule has 2 aliphatic rings. The number of anilines is 1. The third-order valence-corrected chi connectivity index (χ3v) is 5.29. The second-order valence-electron chi connectivity index (χ2n) is 7.39. The maximum atomic E-state index is 12.5. The van der Waals surface area contributed by atoms with Crippen LogP contribution in [0.4, 0.5) is 5.69 Å². The molecule has 0 atom stereocenters. The first-order chi connectivity index (χ1) is 13.7. The zero-order valence-electron chi connectivity index (χ0n) is 16.3. The lowest BCUT2D eigenvalue weighted by Gasteiger charge is -2.35. The molecule has 6 nitrogen and oxygen atoms in total. The predicted octanol–water partition coefficient (Wildman–Crippen LogP) is 2.87. The number of benzene rings is 2. The van der Waals surface area contributed by atoms with Crippen LogP contribution in [0.3, 0.4) is 0 Å². The normalized spacial score (nSPS) is 16.2. The Morgan fingerprint density at radius 1 is 1.00 bits per heavy atom. The number of nitrogens with one attached hydrogen (secondary N) is 1. The molecule has 28 heavy (non-hydrogen) atoms. The van der Waals surface area contributed by atoms with Crippen molar-refractivity contribution in [3.63, 3.8) is 0 Å². The van der Waals surface area contributed by atoms with Crippen LogP contribution in [0.5, 0.6) is 11.5 Å². The number of rotatable bonds is 6. The van der Waals surface area contributed by atoms with Gasteiger partial charge in [0.1, 0.15) is 0 Å². The Labute approximate surface area is 166 Å². The predicted molar refractivity (Wildman–Crippen MR) is 109 cm³/mol. The lowest BCUT2D eigenvalue weighted by Crippen LogP contribution is -2.48. The van der Waals surface area contributed by atoms with Crippen LogP contribution in [-0.2, 0) is 11.3 Å². The van der Waals surface area contributed by atoms with Crippen molar-refractivity contribution in [2.75, 3.05) is 44.8 Å². The number of carbonyl (C=O) groups is 1. The zero-order chi connectivity index (χ0) is 19.3. The Morgan fingerprint density at radius 3 is 2.54 bits per heavy atom. The van der Waals surface area contributed by atoms with Gasteiger partial charge in [-0.1, -0.05) is 23.8 Å². The second kappa shape index (κ2) is 8.52. The van der Waals surface area contributed by atoms with Gasteiger partial charge in [0, 0.05) is 51.4 Å². The first kappa shape index (κ1) is 18.6. The molecule has 0 aromatic heterocycles. The van der Waals surface area contributed by atoms with Gasteiger partial charge in [-0.3, -0.25) is 9.69 Å². The molecule has 1 N–H and O–H groups in total. The summed E-state index contributed by atoms with van der Waals surface area (Å²) in [6.45, 7) is 7.27. The number of piperazine rings is 1. The molecule has 0 aliphatic carbocycles. The summed E-state index contributed by atoms with van der Waals surface area (Å²) in [7, 11) is 0. The molecular weight excluding hydrogens is 354 g/mol. The highest BCUT2D eigenvalue weighted by Crippen LogP contribution is 2.32. The van der Waals surface area contributed by atoms with Crippen LogP contribution in [0.2, 0.25) is 0 Å². The number of aryl methyl sites for hydroxylation is 1. The van der Waals surface area contributed by atoms with E-state index in [1.54, 1.807) is 0 Å². The maximum Gasteiger partial charge on any atom is 0.231 e. The van der Waals surface area contributed by atoms with Gasteiger partial charge in [-0.05, 0) is 36.8 Å². The fourth-order valence-electron chi connectivity index (χ4n) is 3.60. The van der Waals surface area contributed by atoms with Crippen molar-refractivity contribution in [3.8, 4) is 11.5 Å². The van der Waals surface area contributed by atoms with E-state index < -0.39 is 0 Å². The van der Waals surface area contributed by atoms with Crippen LogP contribution in [0, 0.1) is 6.92 Å². The van der Waals surface area contributed by atoms with Gasteiger partial charge in [0.2, 0.25) is 12.7 Å². The van der Waals surface area contributed by atoms with E-state index in [2.05, 4.69) is 53.5 Å². The average molecular weight is 381 g/mol. The molecule has 4 rings (SSSR count). The van der Waals surface area contributed by atoms with E-state index in [1.807, 2.05) is 11.0 Å². The lowest BCUT2D eigenvalue weighted by molar-refractivity contribution is -0.132. The number of nitrogens with zero attached hydrogens (tertiary/aromatic N) is 2. The van der Waals surface area contributed by atoms with Crippen LogP contribution >= 0.6 is 0 Å². The first-order valence-corrected chi connectivity index (χ1v) is 9.86. The fourth-order valence-corrected chi connectivity index (χ4v) is 3.60. The van der Waals surface area contributed by atoms with Crippen molar-refractivity contribution in [1.29, 1.82) is 0 Å². The quantitative estimate of drug-likeness (QED) is 0.834. The standard InChI is InChI=1S/C22H27N3O3/c1-17-2-5-19(6-3-17)23-9-8-22(26)25-12-10-24(11-13-25)15-18-4-7-20-21(14-18)28-16-27-20/h2-7,14,23H,8-13,15-16H2,1H3. The molecule has 1 fully saturated rings. The van der Waals surface area contributed by atoms with E-state index in [-0.39, 0.29) is 5.91 Å². The molecule has 1 saturated heterocycles. The minimum atomic E-state index is 0.224. The summed E-state index contributed by atoms with van der Waals surface area (Å²) in [5.74, 6) is 1.87. The summed E-state index contributed by atoms with van der Waals surface area (Å²) in [5.41, 5.74) is 3.51. The van der Waals surface area contributed by atoms with Crippen LogP contribution in [-0.4, -0.2) is 55.2 Å². The number of hydrogen-bond donors (Lipinski definition) is 1. The van der Waals surface area contributed by atoms with Crippen LogP contribution < -0.4 is 14.8 Å². The van der Waals surface area contributed by atoms with Crippen molar-refractivity contribution in [1.82, 2.24) is 9.80 Å². The van der Waals surface area contributed by atoms with Crippen molar-refractivity contribution in [3.05, 3.63) is 53.6 Å². The molecule has 6 heteroatoms. The van der Waals surface area contributed by atoms with Crippen molar-refractivity contribution < 1.29 is 14.3 Å². The maximum absolute atomic E-state index is 12.5. The van der Waals surface area contributed by atoms with E-state index in [1.165, 1.54) is 11.1 Å². The van der Waals surface area contributed by atoms with Crippen LogP contribution in [0.25, 0.3) is 0 Å².